The number of H-pyrrole nitrogens is 1. The lowest BCUT2D eigenvalue weighted by atomic mass is 10.1. The molecule has 2 N–H and O–H groups in total. The van der Waals surface area contributed by atoms with Crippen LogP contribution < -0.4 is 5.32 Å². The van der Waals surface area contributed by atoms with Crippen LogP contribution in [-0.2, 0) is 0 Å². The Morgan fingerprint density at radius 3 is 3.06 bits per heavy atom. The predicted molar refractivity (Wildman–Crippen MR) is 70.2 cm³/mol. The van der Waals surface area contributed by atoms with Crippen molar-refractivity contribution in [2.24, 2.45) is 0 Å². The standard InChI is InChI=1S/C13H13N5/c1-9(10-3-2-5-14-7-10)17-12-8-16-13-11(18-12)4-6-15-13/h2-9H,1H3,(H,15,16)(H,17,18). The van der Waals surface area contributed by atoms with Crippen LogP contribution in [0.2, 0.25) is 0 Å². The first-order chi connectivity index (χ1) is 8.83. The Morgan fingerprint density at radius 1 is 1.28 bits per heavy atom. The maximum absolute atomic E-state index is 4.48. The predicted octanol–water partition coefficient (Wildman–Crippen LogP) is 2.53. The summed E-state index contributed by atoms with van der Waals surface area (Å²) >= 11 is 0. The van der Waals surface area contributed by atoms with E-state index in [1.807, 2.05) is 30.6 Å². The van der Waals surface area contributed by atoms with Crippen molar-refractivity contribution >= 4 is 17.0 Å². The third kappa shape index (κ3) is 2.02. The van der Waals surface area contributed by atoms with E-state index in [4.69, 9.17) is 0 Å². The molecule has 3 aromatic rings. The number of aromatic nitrogens is 4. The van der Waals surface area contributed by atoms with Crippen molar-refractivity contribution in [3.63, 3.8) is 0 Å². The molecule has 0 aliphatic heterocycles. The second-order valence-corrected chi connectivity index (χ2v) is 4.12. The van der Waals surface area contributed by atoms with E-state index in [1.165, 1.54) is 0 Å². The van der Waals surface area contributed by atoms with Crippen LogP contribution in [0.4, 0.5) is 5.82 Å². The number of pyridine rings is 1. The molecule has 18 heavy (non-hydrogen) atoms. The highest BCUT2D eigenvalue weighted by atomic mass is 15.0. The number of fused-ring (bicyclic) bond motifs is 1. The van der Waals surface area contributed by atoms with Crippen LogP contribution in [0.5, 0.6) is 0 Å². The molecule has 3 rings (SSSR count). The van der Waals surface area contributed by atoms with Crippen LogP contribution in [0.1, 0.15) is 18.5 Å². The molecule has 0 radical (unpaired) electrons. The SMILES string of the molecule is CC(Nc1cnc2[nH]ccc2n1)c1cccnc1. The molecule has 0 fully saturated rings. The lowest BCUT2D eigenvalue weighted by Crippen LogP contribution is -2.08. The van der Waals surface area contributed by atoms with Crippen LogP contribution in [0, 0.1) is 0 Å². The molecular weight excluding hydrogens is 226 g/mol. The minimum atomic E-state index is 0.143. The van der Waals surface area contributed by atoms with Crippen LogP contribution in [-0.4, -0.2) is 19.9 Å². The van der Waals surface area contributed by atoms with E-state index in [-0.39, 0.29) is 6.04 Å². The highest BCUT2D eigenvalue weighted by Crippen LogP contribution is 2.17. The van der Waals surface area contributed by atoms with Crippen molar-refractivity contribution in [1.29, 1.82) is 0 Å². The van der Waals surface area contributed by atoms with Gasteiger partial charge in [-0.1, -0.05) is 6.07 Å². The fraction of sp³-hybridized carbons (Fsp3) is 0.154. The van der Waals surface area contributed by atoms with Crippen molar-refractivity contribution in [3.8, 4) is 0 Å². The quantitative estimate of drug-likeness (QED) is 0.737. The van der Waals surface area contributed by atoms with Crippen LogP contribution in [0.15, 0.2) is 43.0 Å². The van der Waals surface area contributed by atoms with Crippen molar-refractivity contribution in [3.05, 3.63) is 48.5 Å². The molecule has 3 heterocycles. The van der Waals surface area contributed by atoms with Gasteiger partial charge in [0.2, 0.25) is 0 Å². The smallest absolute Gasteiger partial charge is 0.156 e. The Morgan fingerprint density at radius 2 is 2.22 bits per heavy atom. The summed E-state index contributed by atoms with van der Waals surface area (Å²) in [6.45, 7) is 2.07. The number of anilines is 1. The Hall–Kier alpha value is -2.43. The van der Waals surface area contributed by atoms with Crippen molar-refractivity contribution in [1.82, 2.24) is 19.9 Å². The molecule has 0 amide bonds. The van der Waals surface area contributed by atoms with E-state index in [0.717, 1.165) is 22.5 Å². The lowest BCUT2D eigenvalue weighted by Gasteiger charge is -2.13. The summed E-state index contributed by atoms with van der Waals surface area (Å²) in [5.74, 6) is 0.762. The Balaban J connectivity index is 1.83. The molecule has 5 nitrogen and oxygen atoms in total. The average Bonchev–Trinajstić information content (AvgIpc) is 2.87. The first-order valence-corrected chi connectivity index (χ1v) is 5.79. The molecule has 0 aromatic carbocycles. The average molecular weight is 239 g/mol. The first-order valence-electron chi connectivity index (χ1n) is 5.79. The normalized spacial score (nSPS) is 12.5. The largest absolute Gasteiger partial charge is 0.362 e. The van der Waals surface area contributed by atoms with E-state index in [0.29, 0.717) is 0 Å². The molecule has 5 heteroatoms. The Labute approximate surface area is 104 Å². The maximum atomic E-state index is 4.48. The van der Waals surface area contributed by atoms with Gasteiger partial charge in [0.05, 0.1) is 12.2 Å². The summed E-state index contributed by atoms with van der Waals surface area (Å²) in [6.07, 6.45) is 7.17. The van der Waals surface area contributed by atoms with Gasteiger partial charge in [-0.3, -0.25) is 4.98 Å². The Kier molecular flexibility index (Phi) is 2.64. The summed E-state index contributed by atoms with van der Waals surface area (Å²) in [5, 5.41) is 3.31. The molecule has 1 atom stereocenters. The van der Waals surface area contributed by atoms with E-state index in [2.05, 4.69) is 32.2 Å². The lowest BCUT2D eigenvalue weighted by molar-refractivity contribution is 0.866. The van der Waals surface area contributed by atoms with Crippen molar-refractivity contribution in [2.45, 2.75) is 13.0 Å². The molecule has 0 aliphatic rings. The zero-order chi connectivity index (χ0) is 12.4. The molecule has 0 saturated carbocycles. The molecule has 3 aromatic heterocycles. The fourth-order valence-corrected chi connectivity index (χ4v) is 1.84. The minimum absolute atomic E-state index is 0.143. The highest BCUT2D eigenvalue weighted by Gasteiger charge is 2.07. The van der Waals surface area contributed by atoms with E-state index < -0.39 is 0 Å². The summed E-state index contributed by atoms with van der Waals surface area (Å²) < 4.78 is 0. The molecule has 0 spiro atoms. The zero-order valence-corrected chi connectivity index (χ0v) is 9.96. The van der Waals surface area contributed by atoms with Gasteiger partial charge in [-0.15, -0.1) is 0 Å². The van der Waals surface area contributed by atoms with E-state index in [9.17, 15) is 0 Å². The van der Waals surface area contributed by atoms with Crippen molar-refractivity contribution in [2.75, 3.05) is 5.32 Å². The maximum Gasteiger partial charge on any atom is 0.156 e. The molecule has 0 bridgehead atoms. The van der Waals surface area contributed by atoms with Crippen LogP contribution in [0.3, 0.4) is 0 Å². The van der Waals surface area contributed by atoms with Gasteiger partial charge in [-0.05, 0) is 24.6 Å². The molecular formula is C13H13N5. The summed E-state index contributed by atoms with van der Waals surface area (Å²) in [6, 6.07) is 6.01. The number of hydrogen-bond acceptors (Lipinski definition) is 4. The molecule has 0 aliphatic carbocycles. The monoisotopic (exact) mass is 239 g/mol. The number of aromatic amines is 1. The highest BCUT2D eigenvalue weighted by molar-refractivity contribution is 5.71. The minimum Gasteiger partial charge on any atom is -0.362 e. The first kappa shape index (κ1) is 10.7. The van der Waals surface area contributed by atoms with Gasteiger partial charge in [-0.2, -0.15) is 0 Å². The van der Waals surface area contributed by atoms with Gasteiger partial charge in [0.25, 0.3) is 0 Å². The van der Waals surface area contributed by atoms with E-state index >= 15 is 0 Å². The van der Waals surface area contributed by atoms with Crippen molar-refractivity contribution < 1.29 is 0 Å². The summed E-state index contributed by atoms with van der Waals surface area (Å²) in [5.41, 5.74) is 2.78. The van der Waals surface area contributed by atoms with Gasteiger partial charge in [0.1, 0.15) is 11.3 Å². The van der Waals surface area contributed by atoms with Crippen LogP contribution in [0.25, 0.3) is 11.2 Å². The van der Waals surface area contributed by atoms with Crippen LogP contribution >= 0.6 is 0 Å². The Bertz CT molecular complexity index is 647. The van der Waals surface area contributed by atoms with Gasteiger partial charge in [-0.25, -0.2) is 9.97 Å². The van der Waals surface area contributed by atoms with E-state index in [1.54, 1.807) is 12.4 Å². The third-order valence-corrected chi connectivity index (χ3v) is 2.81. The number of rotatable bonds is 3. The number of nitrogens with zero attached hydrogens (tertiary/aromatic N) is 3. The number of nitrogens with one attached hydrogen (secondary N) is 2. The second kappa shape index (κ2) is 4.44. The second-order valence-electron chi connectivity index (χ2n) is 4.12. The molecule has 90 valence electrons. The van der Waals surface area contributed by atoms with Gasteiger partial charge in [0, 0.05) is 18.6 Å². The summed E-state index contributed by atoms with van der Waals surface area (Å²) in [7, 11) is 0. The topological polar surface area (TPSA) is 66.5 Å². The third-order valence-electron chi connectivity index (χ3n) is 2.81. The fourth-order valence-electron chi connectivity index (χ4n) is 1.84. The summed E-state index contributed by atoms with van der Waals surface area (Å²) in [4.78, 5) is 15.9. The number of hydrogen-bond donors (Lipinski definition) is 2. The molecule has 0 saturated heterocycles. The van der Waals surface area contributed by atoms with Gasteiger partial charge >= 0.3 is 0 Å². The molecule has 1 unspecified atom stereocenters. The van der Waals surface area contributed by atoms with Gasteiger partial charge < -0.3 is 10.3 Å². The zero-order valence-electron chi connectivity index (χ0n) is 9.96. The van der Waals surface area contributed by atoms with Gasteiger partial charge in [0.15, 0.2) is 5.65 Å².